The van der Waals surface area contributed by atoms with Crippen LogP contribution in [0.25, 0.3) is 0 Å². The number of likely N-dealkylation sites (N-methyl/N-ethyl adjacent to an activating group) is 1. The van der Waals surface area contributed by atoms with Gasteiger partial charge in [-0.1, -0.05) is 26.0 Å². The van der Waals surface area contributed by atoms with Crippen LogP contribution >= 0.6 is 0 Å². The number of nitrogens with zero attached hydrogens (tertiary/aromatic N) is 3. The van der Waals surface area contributed by atoms with E-state index in [-0.39, 0.29) is 11.7 Å². The van der Waals surface area contributed by atoms with Crippen LogP contribution in [0, 0.1) is 12.7 Å². The lowest BCUT2D eigenvalue weighted by molar-refractivity contribution is -0.143. The van der Waals surface area contributed by atoms with Gasteiger partial charge in [0.1, 0.15) is 5.82 Å². The number of carbonyl (C=O) groups is 1. The van der Waals surface area contributed by atoms with Gasteiger partial charge in [-0.25, -0.2) is 4.39 Å². The molecule has 1 heterocycles. The van der Waals surface area contributed by atoms with E-state index in [9.17, 15) is 14.3 Å². The van der Waals surface area contributed by atoms with Crippen LogP contribution in [-0.4, -0.2) is 45.4 Å². The van der Waals surface area contributed by atoms with E-state index in [1.807, 2.05) is 17.1 Å². The van der Waals surface area contributed by atoms with Crippen molar-refractivity contribution >= 4 is 5.97 Å². The first-order valence-corrected chi connectivity index (χ1v) is 10.1. The first-order chi connectivity index (χ1) is 13.4. The molecule has 3 rings (SSSR count). The van der Waals surface area contributed by atoms with Gasteiger partial charge in [-0.05, 0) is 68.0 Å². The summed E-state index contributed by atoms with van der Waals surface area (Å²) in [6, 6.07) is 4.77. The van der Waals surface area contributed by atoms with Gasteiger partial charge in [-0.3, -0.25) is 9.48 Å². The predicted molar refractivity (Wildman–Crippen MR) is 107 cm³/mol. The standard InChI is InChI=1S/C22H30FN3O2/c1-4-25(5-2)11-12-26-15-18(14-24-26)17-9-10-22(13-17,21(27)28)19-7-6-8-20(23)16(19)3/h6-8,14-15,17H,4-5,9-13H2,1-3H3,(H,27,28)/t17-,22+/m1/s1. The normalized spacial score (nSPS) is 22.1. The fourth-order valence-electron chi connectivity index (χ4n) is 4.51. The number of halogens is 1. The van der Waals surface area contributed by atoms with E-state index in [4.69, 9.17) is 0 Å². The average molecular weight is 387 g/mol. The lowest BCUT2D eigenvalue weighted by Gasteiger charge is -2.27. The largest absolute Gasteiger partial charge is 0.481 e. The summed E-state index contributed by atoms with van der Waals surface area (Å²) in [6.45, 7) is 9.77. The highest BCUT2D eigenvalue weighted by molar-refractivity contribution is 5.82. The van der Waals surface area contributed by atoms with E-state index < -0.39 is 11.4 Å². The third-order valence-corrected chi connectivity index (χ3v) is 6.37. The third kappa shape index (κ3) is 3.83. The summed E-state index contributed by atoms with van der Waals surface area (Å²) < 4.78 is 16.0. The van der Waals surface area contributed by atoms with Crippen molar-refractivity contribution in [2.45, 2.75) is 57.9 Å². The van der Waals surface area contributed by atoms with Gasteiger partial charge < -0.3 is 10.0 Å². The second kappa shape index (κ2) is 8.43. The molecular weight excluding hydrogens is 357 g/mol. The van der Waals surface area contributed by atoms with Gasteiger partial charge in [-0.2, -0.15) is 5.10 Å². The number of benzene rings is 1. The number of hydrogen-bond donors (Lipinski definition) is 1. The average Bonchev–Trinajstić information content (AvgIpc) is 3.32. The maximum atomic E-state index is 14.1. The zero-order chi connectivity index (χ0) is 20.3. The highest BCUT2D eigenvalue weighted by atomic mass is 19.1. The monoisotopic (exact) mass is 387 g/mol. The molecule has 2 atom stereocenters. The molecule has 1 aliphatic rings. The van der Waals surface area contributed by atoms with Crippen LogP contribution in [0.2, 0.25) is 0 Å². The van der Waals surface area contributed by atoms with E-state index in [0.717, 1.165) is 38.2 Å². The van der Waals surface area contributed by atoms with Crippen LogP contribution in [0.3, 0.4) is 0 Å². The Morgan fingerprint density at radius 1 is 1.39 bits per heavy atom. The van der Waals surface area contributed by atoms with E-state index >= 15 is 0 Å². The minimum absolute atomic E-state index is 0.126. The maximum Gasteiger partial charge on any atom is 0.314 e. The molecule has 0 amide bonds. The topological polar surface area (TPSA) is 58.4 Å². The van der Waals surface area contributed by atoms with Crippen molar-refractivity contribution in [1.82, 2.24) is 14.7 Å². The Kier molecular flexibility index (Phi) is 6.18. The fourth-order valence-corrected chi connectivity index (χ4v) is 4.51. The number of carboxylic acid groups (broad SMARTS) is 1. The summed E-state index contributed by atoms with van der Waals surface area (Å²) in [6.07, 6.45) is 5.67. The molecule has 0 unspecified atom stereocenters. The molecular formula is C22H30FN3O2. The molecule has 1 aliphatic carbocycles. The van der Waals surface area contributed by atoms with Crippen molar-refractivity contribution in [2.24, 2.45) is 0 Å². The van der Waals surface area contributed by atoms with E-state index in [2.05, 4.69) is 23.8 Å². The molecule has 1 aromatic carbocycles. The van der Waals surface area contributed by atoms with Gasteiger partial charge in [-0.15, -0.1) is 0 Å². The highest BCUT2D eigenvalue weighted by Crippen LogP contribution is 2.49. The van der Waals surface area contributed by atoms with Crippen LogP contribution in [0.5, 0.6) is 0 Å². The van der Waals surface area contributed by atoms with Crippen LogP contribution in [-0.2, 0) is 16.8 Å². The van der Waals surface area contributed by atoms with Gasteiger partial charge in [0.05, 0.1) is 18.2 Å². The molecule has 0 saturated heterocycles. The Bertz CT molecular complexity index is 831. The Morgan fingerprint density at radius 3 is 2.82 bits per heavy atom. The lowest BCUT2D eigenvalue weighted by Crippen LogP contribution is -2.34. The Morgan fingerprint density at radius 2 is 2.14 bits per heavy atom. The number of carboxylic acids is 1. The second-order valence-electron chi connectivity index (χ2n) is 7.80. The quantitative estimate of drug-likeness (QED) is 0.745. The smallest absolute Gasteiger partial charge is 0.314 e. The van der Waals surface area contributed by atoms with Crippen LogP contribution in [0.4, 0.5) is 4.39 Å². The zero-order valence-corrected chi connectivity index (χ0v) is 17.0. The summed E-state index contributed by atoms with van der Waals surface area (Å²) >= 11 is 0. The highest BCUT2D eigenvalue weighted by Gasteiger charge is 2.48. The second-order valence-corrected chi connectivity index (χ2v) is 7.80. The van der Waals surface area contributed by atoms with E-state index in [1.165, 1.54) is 6.07 Å². The van der Waals surface area contributed by atoms with Gasteiger partial charge in [0.15, 0.2) is 0 Å². The summed E-state index contributed by atoms with van der Waals surface area (Å²) in [4.78, 5) is 14.6. The van der Waals surface area contributed by atoms with E-state index in [1.54, 1.807) is 19.1 Å². The molecule has 1 aromatic heterocycles. The summed E-state index contributed by atoms with van der Waals surface area (Å²) in [5.74, 6) is -1.08. The van der Waals surface area contributed by atoms with Crippen LogP contribution in [0.15, 0.2) is 30.6 Å². The van der Waals surface area contributed by atoms with Gasteiger partial charge in [0.25, 0.3) is 0 Å². The number of rotatable bonds is 8. The van der Waals surface area contributed by atoms with Crippen molar-refractivity contribution in [2.75, 3.05) is 19.6 Å². The van der Waals surface area contributed by atoms with Crippen molar-refractivity contribution in [3.05, 3.63) is 53.1 Å². The summed E-state index contributed by atoms with van der Waals surface area (Å²) in [7, 11) is 0. The van der Waals surface area contributed by atoms with Crippen molar-refractivity contribution < 1.29 is 14.3 Å². The minimum atomic E-state index is -1.03. The zero-order valence-electron chi connectivity index (χ0n) is 17.0. The molecule has 1 N–H and O–H groups in total. The lowest BCUT2D eigenvalue weighted by atomic mass is 9.76. The van der Waals surface area contributed by atoms with E-state index in [0.29, 0.717) is 24.0 Å². The summed E-state index contributed by atoms with van der Waals surface area (Å²) in [5.41, 5.74) is 1.11. The van der Waals surface area contributed by atoms with Gasteiger partial charge in [0.2, 0.25) is 0 Å². The SMILES string of the molecule is CCN(CC)CCn1cc([C@@H]2CC[C@@](C(=O)O)(c3cccc(F)c3C)C2)cn1. The molecule has 5 nitrogen and oxygen atoms in total. The number of aromatic nitrogens is 2. The molecule has 1 saturated carbocycles. The van der Waals surface area contributed by atoms with Gasteiger partial charge >= 0.3 is 5.97 Å². The molecule has 0 aliphatic heterocycles. The summed E-state index contributed by atoms with van der Waals surface area (Å²) in [5, 5.41) is 14.5. The van der Waals surface area contributed by atoms with Crippen molar-refractivity contribution in [3.63, 3.8) is 0 Å². The fraction of sp³-hybridized carbons (Fsp3) is 0.545. The number of hydrogen-bond acceptors (Lipinski definition) is 3. The third-order valence-electron chi connectivity index (χ3n) is 6.37. The Balaban J connectivity index is 1.78. The molecule has 1 fully saturated rings. The minimum Gasteiger partial charge on any atom is -0.481 e. The predicted octanol–water partition coefficient (Wildman–Crippen LogP) is 3.96. The number of aliphatic carboxylic acids is 1. The molecule has 6 heteroatoms. The van der Waals surface area contributed by atoms with Gasteiger partial charge in [0, 0.05) is 12.7 Å². The van der Waals surface area contributed by atoms with Crippen LogP contribution < -0.4 is 0 Å². The maximum absolute atomic E-state index is 14.1. The van der Waals surface area contributed by atoms with Crippen LogP contribution in [0.1, 0.15) is 55.7 Å². The molecule has 28 heavy (non-hydrogen) atoms. The molecule has 0 bridgehead atoms. The first kappa shape index (κ1) is 20.5. The molecule has 0 spiro atoms. The first-order valence-electron chi connectivity index (χ1n) is 10.1. The Hall–Kier alpha value is -2.21. The molecule has 0 radical (unpaired) electrons. The molecule has 2 aromatic rings. The Labute approximate surface area is 166 Å². The molecule has 152 valence electrons. The van der Waals surface area contributed by atoms with Crippen molar-refractivity contribution in [1.29, 1.82) is 0 Å². The van der Waals surface area contributed by atoms with Crippen molar-refractivity contribution in [3.8, 4) is 0 Å².